The van der Waals surface area contributed by atoms with Crippen LogP contribution in [0.1, 0.15) is 5.69 Å². The Morgan fingerprint density at radius 1 is 1.29 bits per heavy atom. The van der Waals surface area contributed by atoms with E-state index in [0.29, 0.717) is 5.56 Å². The Labute approximate surface area is 135 Å². The molecule has 0 N–H and O–H groups in total. The first kappa shape index (κ1) is 15.8. The van der Waals surface area contributed by atoms with Gasteiger partial charge in [0.1, 0.15) is 18.3 Å². The molecule has 0 unspecified atom stereocenters. The number of aryl methyl sites for hydroxylation is 1. The van der Waals surface area contributed by atoms with Gasteiger partial charge in [-0.2, -0.15) is 5.10 Å². The lowest BCUT2D eigenvalue weighted by Gasteiger charge is -2.00. The molecule has 0 aliphatic heterocycles. The van der Waals surface area contributed by atoms with Gasteiger partial charge in [0, 0.05) is 24.7 Å². The predicted octanol–water partition coefficient (Wildman–Crippen LogP) is 1.35. The molecule has 0 saturated heterocycles. The predicted molar refractivity (Wildman–Crippen MR) is 80.5 cm³/mol. The van der Waals surface area contributed by atoms with Crippen LogP contribution in [0.15, 0.2) is 46.4 Å². The van der Waals surface area contributed by atoms with Crippen molar-refractivity contribution in [3.8, 4) is 11.5 Å². The highest BCUT2D eigenvalue weighted by Crippen LogP contribution is 2.23. The van der Waals surface area contributed by atoms with Crippen LogP contribution < -0.4 is 0 Å². The molecule has 10 nitrogen and oxygen atoms in total. The van der Waals surface area contributed by atoms with Crippen LogP contribution in [-0.2, 0) is 22.6 Å². The molecule has 24 heavy (non-hydrogen) atoms. The van der Waals surface area contributed by atoms with Crippen molar-refractivity contribution < 1.29 is 17.8 Å². The summed E-state index contributed by atoms with van der Waals surface area (Å²) in [5, 5.41) is 14.2. The number of non-ortho nitro benzene ring substituents is 1. The van der Waals surface area contributed by atoms with Crippen molar-refractivity contribution in [2.75, 3.05) is 0 Å². The van der Waals surface area contributed by atoms with Gasteiger partial charge in [-0.3, -0.25) is 10.1 Å². The highest BCUT2D eigenvalue weighted by Gasteiger charge is 2.23. The molecule has 124 valence electrons. The molecule has 11 heteroatoms. The van der Waals surface area contributed by atoms with Crippen molar-refractivity contribution in [3.05, 3.63) is 52.7 Å². The minimum Gasteiger partial charge on any atom is -0.444 e. The van der Waals surface area contributed by atoms with Crippen LogP contribution in [-0.4, -0.2) is 33.1 Å². The summed E-state index contributed by atoms with van der Waals surface area (Å²) >= 11 is 0. The lowest BCUT2D eigenvalue weighted by Crippen LogP contribution is -2.11. The first-order valence-corrected chi connectivity index (χ1v) is 8.28. The number of sulfone groups is 1. The topological polar surface area (TPSA) is 134 Å². The van der Waals surface area contributed by atoms with Gasteiger partial charge in [0.15, 0.2) is 0 Å². The smallest absolute Gasteiger partial charge is 0.269 e. The van der Waals surface area contributed by atoms with E-state index in [1.54, 1.807) is 0 Å². The second kappa shape index (κ2) is 5.85. The van der Waals surface area contributed by atoms with Crippen LogP contribution in [0.3, 0.4) is 0 Å². The number of nitro groups is 1. The third-order valence-electron chi connectivity index (χ3n) is 3.16. The fraction of sp³-hybridized carbons (Fsp3) is 0.154. The highest BCUT2D eigenvalue weighted by molar-refractivity contribution is 7.90. The average Bonchev–Trinajstić information content (AvgIpc) is 3.16. The zero-order valence-corrected chi connectivity index (χ0v) is 13.2. The summed E-state index contributed by atoms with van der Waals surface area (Å²) in [5.74, 6) is -0.219. The first-order chi connectivity index (χ1) is 11.4. The van der Waals surface area contributed by atoms with Crippen LogP contribution in [0.5, 0.6) is 0 Å². The molecule has 0 saturated carbocycles. The summed E-state index contributed by atoms with van der Waals surface area (Å²) < 4.78 is 31.0. The van der Waals surface area contributed by atoms with Gasteiger partial charge < -0.3 is 4.42 Å². The van der Waals surface area contributed by atoms with Crippen LogP contribution in [0.4, 0.5) is 5.69 Å². The fourth-order valence-corrected chi connectivity index (χ4v) is 3.37. The summed E-state index contributed by atoms with van der Waals surface area (Å²) in [5.41, 5.74) is 0.643. The van der Waals surface area contributed by atoms with Gasteiger partial charge in [-0.15, -0.1) is 0 Å². The lowest BCUT2D eigenvalue weighted by atomic mass is 10.2. The Balaban J connectivity index is 1.83. The molecule has 0 bridgehead atoms. The Morgan fingerprint density at radius 3 is 2.58 bits per heavy atom. The van der Waals surface area contributed by atoms with Crippen molar-refractivity contribution in [2.45, 2.75) is 10.9 Å². The Kier molecular flexibility index (Phi) is 3.85. The average molecular weight is 349 g/mol. The van der Waals surface area contributed by atoms with E-state index in [1.807, 2.05) is 0 Å². The molecule has 1 aromatic carbocycles. The van der Waals surface area contributed by atoms with Gasteiger partial charge >= 0.3 is 0 Å². The summed E-state index contributed by atoms with van der Waals surface area (Å²) in [6.07, 6.45) is 2.38. The van der Waals surface area contributed by atoms with E-state index in [0.717, 1.165) is 11.0 Å². The van der Waals surface area contributed by atoms with Gasteiger partial charge in [0.05, 0.1) is 10.6 Å². The summed E-state index contributed by atoms with van der Waals surface area (Å²) in [7, 11) is -2.23. The molecular weight excluding hydrogens is 338 g/mol. The van der Waals surface area contributed by atoms with E-state index in [-0.39, 0.29) is 22.4 Å². The van der Waals surface area contributed by atoms with Gasteiger partial charge in [0.2, 0.25) is 20.9 Å². The van der Waals surface area contributed by atoms with Crippen molar-refractivity contribution in [2.24, 2.45) is 7.05 Å². The maximum atomic E-state index is 12.3. The van der Waals surface area contributed by atoms with Crippen LogP contribution >= 0.6 is 0 Å². The van der Waals surface area contributed by atoms with Crippen molar-refractivity contribution in [1.82, 2.24) is 19.7 Å². The summed E-state index contributed by atoms with van der Waals surface area (Å²) in [4.78, 5) is 17.9. The number of nitro benzene ring substituents is 1. The molecule has 0 aliphatic carbocycles. The van der Waals surface area contributed by atoms with E-state index in [2.05, 4.69) is 15.1 Å². The zero-order chi connectivity index (χ0) is 17.3. The van der Waals surface area contributed by atoms with E-state index in [1.165, 1.54) is 37.6 Å². The quantitative estimate of drug-likeness (QED) is 0.497. The van der Waals surface area contributed by atoms with Crippen molar-refractivity contribution in [1.29, 1.82) is 0 Å². The molecule has 0 atom stereocenters. The first-order valence-electron chi connectivity index (χ1n) is 6.63. The number of aromatic nitrogens is 4. The number of rotatable bonds is 5. The molecule has 2 heterocycles. The second-order valence-corrected chi connectivity index (χ2v) is 6.76. The fourth-order valence-electron chi connectivity index (χ4n) is 2.06. The minimum atomic E-state index is -3.71. The number of nitrogens with zero attached hydrogens (tertiary/aromatic N) is 5. The molecular formula is C13H11N5O5S. The van der Waals surface area contributed by atoms with Gasteiger partial charge in [-0.1, -0.05) is 0 Å². The monoisotopic (exact) mass is 349 g/mol. The normalized spacial score (nSPS) is 11.5. The minimum absolute atomic E-state index is 0.0598. The number of benzene rings is 1. The zero-order valence-electron chi connectivity index (χ0n) is 12.4. The highest BCUT2D eigenvalue weighted by atomic mass is 32.2. The largest absolute Gasteiger partial charge is 0.444 e. The van der Waals surface area contributed by atoms with Crippen LogP contribution in [0.25, 0.3) is 11.5 Å². The third-order valence-corrected chi connectivity index (χ3v) is 4.76. The maximum Gasteiger partial charge on any atom is 0.269 e. The van der Waals surface area contributed by atoms with Crippen LogP contribution in [0, 0.1) is 10.1 Å². The molecule has 0 amide bonds. The Bertz CT molecular complexity index is 990. The van der Waals surface area contributed by atoms with Crippen molar-refractivity contribution in [3.63, 3.8) is 0 Å². The standard InChI is InChI=1S/C13H11N5O5S/c1-17-13(14-8-15-17)24(21,22)7-10-6-23-12(16-10)9-2-4-11(5-3-9)18(19)20/h2-6,8H,7H2,1H3. The lowest BCUT2D eigenvalue weighted by molar-refractivity contribution is -0.384. The Morgan fingerprint density at radius 2 is 2.00 bits per heavy atom. The molecule has 0 fully saturated rings. The van der Waals surface area contributed by atoms with Gasteiger partial charge in [-0.05, 0) is 12.1 Å². The number of oxazole rings is 1. The Hall–Kier alpha value is -3.08. The van der Waals surface area contributed by atoms with Crippen LogP contribution in [0.2, 0.25) is 0 Å². The summed E-state index contributed by atoms with van der Waals surface area (Å²) in [6.45, 7) is 0. The maximum absolute atomic E-state index is 12.3. The molecule has 0 radical (unpaired) electrons. The second-order valence-electron chi connectivity index (χ2n) is 4.87. The number of hydrogen-bond donors (Lipinski definition) is 0. The molecule has 0 aliphatic rings. The molecule has 3 aromatic rings. The van der Waals surface area contributed by atoms with Crippen molar-refractivity contribution >= 4 is 15.5 Å². The molecule has 0 spiro atoms. The molecule has 2 aromatic heterocycles. The van der Waals surface area contributed by atoms with E-state index >= 15 is 0 Å². The van der Waals surface area contributed by atoms with E-state index in [4.69, 9.17) is 4.42 Å². The van der Waals surface area contributed by atoms with Gasteiger partial charge in [-0.25, -0.2) is 23.1 Å². The third kappa shape index (κ3) is 3.01. The SMILES string of the molecule is Cn1ncnc1S(=O)(=O)Cc1coc(-c2ccc([N+](=O)[O-])cc2)n1. The molecule has 3 rings (SSSR count). The van der Waals surface area contributed by atoms with Gasteiger partial charge in [0.25, 0.3) is 5.69 Å². The number of hydrogen-bond acceptors (Lipinski definition) is 8. The summed E-state index contributed by atoms with van der Waals surface area (Å²) in [6, 6.07) is 5.58. The van der Waals surface area contributed by atoms with E-state index < -0.39 is 20.5 Å². The van der Waals surface area contributed by atoms with E-state index in [9.17, 15) is 18.5 Å².